The Balaban J connectivity index is 1.78. The lowest BCUT2D eigenvalue weighted by atomic mass is 9.82. The van der Waals surface area contributed by atoms with E-state index in [1.807, 2.05) is 26.0 Å². The van der Waals surface area contributed by atoms with Gasteiger partial charge in [0.05, 0.1) is 12.3 Å². The van der Waals surface area contributed by atoms with Gasteiger partial charge < -0.3 is 10.0 Å². The van der Waals surface area contributed by atoms with Crippen molar-refractivity contribution < 1.29 is 18.3 Å². The number of hydrogen-bond acceptors (Lipinski definition) is 6. The van der Waals surface area contributed by atoms with Gasteiger partial charge in [0.1, 0.15) is 0 Å². The summed E-state index contributed by atoms with van der Waals surface area (Å²) >= 11 is 0. The van der Waals surface area contributed by atoms with Crippen LogP contribution in [-0.4, -0.2) is 52.7 Å². The fourth-order valence-electron chi connectivity index (χ4n) is 5.70. The Kier molecular flexibility index (Phi) is 6.02. The summed E-state index contributed by atoms with van der Waals surface area (Å²) in [6, 6.07) is 7.51. The smallest absolute Gasteiger partial charge is 0.317 e. The van der Waals surface area contributed by atoms with Gasteiger partial charge in [-0.1, -0.05) is 42.0 Å². The van der Waals surface area contributed by atoms with Crippen LogP contribution >= 0.6 is 0 Å². The molecule has 0 spiro atoms. The molecule has 0 saturated heterocycles. The summed E-state index contributed by atoms with van der Waals surface area (Å²) in [4.78, 5) is 31.5. The zero-order valence-corrected chi connectivity index (χ0v) is 21.4. The van der Waals surface area contributed by atoms with Crippen molar-refractivity contribution >= 4 is 21.9 Å². The number of aromatic nitrogens is 2. The molecule has 1 aliphatic heterocycles. The van der Waals surface area contributed by atoms with Crippen LogP contribution in [0.2, 0.25) is 0 Å². The van der Waals surface area contributed by atoms with Crippen LogP contribution in [0, 0.1) is 0 Å². The molecule has 2 aliphatic carbocycles. The number of nitrogens with zero attached hydrogens (tertiary/aromatic N) is 3. The molecule has 2 heterocycles. The minimum Gasteiger partial charge on any atom is -0.501 e. The predicted octanol–water partition coefficient (Wildman–Crippen LogP) is 3.10. The zero-order valence-electron chi connectivity index (χ0n) is 20.6. The molecular formula is C26H30N4O5S. The Morgan fingerprint density at radius 3 is 2.67 bits per heavy atom. The number of anilines is 1. The van der Waals surface area contributed by atoms with E-state index < -0.39 is 33.3 Å². The number of sulfonamides is 1. The predicted molar refractivity (Wildman–Crippen MR) is 137 cm³/mol. The number of carbonyl (C=O) groups is 1. The molecule has 1 unspecified atom stereocenters. The SMILES string of the molecule is CC(C)N1C[C@H](C2CC3=C(CCC=C3)Cc3ccccc32)n2c(NS(C)(=O)=O)nc(=O)c(O)c2C1=O. The Morgan fingerprint density at radius 1 is 1.19 bits per heavy atom. The molecular weight excluding hydrogens is 480 g/mol. The van der Waals surface area contributed by atoms with Gasteiger partial charge in [0.2, 0.25) is 21.7 Å². The second-order valence-electron chi connectivity index (χ2n) is 10.1. The Morgan fingerprint density at radius 2 is 1.94 bits per heavy atom. The Bertz CT molecular complexity index is 1470. The Hall–Kier alpha value is -3.40. The molecule has 10 heteroatoms. The molecule has 2 N–H and O–H groups in total. The summed E-state index contributed by atoms with van der Waals surface area (Å²) in [5, 5.41) is 10.7. The van der Waals surface area contributed by atoms with Crippen LogP contribution in [0.25, 0.3) is 0 Å². The number of aromatic hydroxyl groups is 1. The van der Waals surface area contributed by atoms with Crippen molar-refractivity contribution in [2.45, 2.75) is 57.5 Å². The molecule has 0 saturated carbocycles. The van der Waals surface area contributed by atoms with Crippen molar-refractivity contribution in [1.29, 1.82) is 0 Å². The second-order valence-corrected chi connectivity index (χ2v) is 11.8. The first-order chi connectivity index (χ1) is 17.0. The van der Waals surface area contributed by atoms with Crippen LogP contribution < -0.4 is 10.3 Å². The molecule has 1 amide bonds. The topological polar surface area (TPSA) is 122 Å². The van der Waals surface area contributed by atoms with E-state index in [2.05, 4.69) is 34.0 Å². The minimum atomic E-state index is -3.83. The number of hydrogen-bond donors (Lipinski definition) is 2. The summed E-state index contributed by atoms with van der Waals surface area (Å²) in [5.41, 5.74) is 3.64. The molecule has 5 rings (SSSR count). The summed E-state index contributed by atoms with van der Waals surface area (Å²) in [6.07, 6.45) is 8.80. The molecule has 3 aliphatic rings. The lowest BCUT2D eigenvalue weighted by Crippen LogP contribution is -2.49. The van der Waals surface area contributed by atoms with Gasteiger partial charge in [0, 0.05) is 18.5 Å². The van der Waals surface area contributed by atoms with Gasteiger partial charge in [-0.2, -0.15) is 4.98 Å². The van der Waals surface area contributed by atoms with E-state index in [4.69, 9.17) is 0 Å². The van der Waals surface area contributed by atoms with Crippen LogP contribution in [0.3, 0.4) is 0 Å². The summed E-state index contributed by atoms with van der Waals surface area (Å²) in [6.45, 7) is 4.03. The van der Waals surface area contributed by atoms with E-state index >= 15 is 0 Å². The minimum absolute atomic E-state index is 0.159. The number of rotatable bonds is 4. The van der Waals surface area contributed by atoms with Gasteiger partial charge in [-0.05, 0) is 56.2 Å². The average molecular weight is 511 g/mol. The zero-order chi connectivity index (χ0) is 25.8. The van der Waals surface area contributed by atoms with Crippen molar-refractivity contribution in [3.05, 3.63) is 74.7 Å². The van der Waals surface area contributed by atoms with E-state index in [-0.39, 0.29) is 30.1 Å². The van der Waals surface area contributed by atoms with Crippen molar-refractivity contribution in [3.63, 3.8) is 0 Å². The molecule has 190 valence electrons. The van der Waals surface area contributed by atoms with Crippen LogP contribution in [0.4, 0.5) is 5.95 Å². The molecule has 0 fully saturated rings. The average Bonchev–Trinajstić information content (AvgIpc) is 2.98. The lowest BCUT2D eigenvalue weighted by molar-refractivity contribution is 0.0580. The highest BCUT2D eigenvalue weighted by atomic mass is 32.2. The second kappa shape index (κ2) is 8.92. The monoisotopic (exact) mass is 510 g/mol. The quantitative estimate of drug-likeness (QED) is 0.652. The fraction of sp³-hybridized carbons (Fsp3) is 0.423. The third kappa shape index (κ3) is 4.23. The summed E-state index contributed by atoms with van der Waals surface area (Å²) in [5.74, 6) is -1.72. The van der Waals surface area contributed by atoms with E-state index in [0.717, 1.165) is 31.1 Å². The first-order valence-electron chi connectivity index (χ1n) is 12.1. The molecule has 36 heavy (non-hydrogen) atoms. The van der Waals surface area contributed by atoms with E-state index in [0.29, 0.717) is 6.42 Å². The number of allylic oxidation sites excluding steroid dienone is 4. The highest BCUT2D eigenvalue weighted by Crippen LogP contribution is 2.46. The lowest BCUT2D eigenvalue weighted by Gasteiger charge is -2.42. The maximum Gasteiger partial charge on any atom is 0.317 e. The standard InChI is InChI=1S/C26H30N4O5S/c1-15(2)29-14-21(30-22(25(29)33)23(31)24(32)27-26(30)28-36(3,34)35)20-13-17-9-5-4-8-16(17)12-18-10-6-7-11-19(18)20/h5-7,9-11,15,20-21,31H,4,8,12-14H2,1-3H3,(H,27,28,32)/t20?,21-/m1/s1. The van der Waals surface area contributed by atoms with Gasteiger partial charge >= 0.3 is 5.56 Å². The molecule has 0 radical (unpaired) electrons. The van der Waals surface area contributed by atoms with E-state index in [1.54, 1.807) is 4.90 Å². The first-order valence-corrected chi connectivity index (χ1v) is 14.0. The number of amides is 1. The summed E-state index contributed by atoms with van der Waals surface area (Å²) < 4.78 is 28.2. The van der Waals surface area contributed by atoms with Gasteiger partial charge in [-0.15, -0.1) is 0 Å². The van der Waals surface area contributed by atoms with Crippen LogP contribution in [0.5, 0.6) is 5.75 Å². The maximum absolute atomic E-state index is 13.5. The molecule has 1 aromatic heterocycles. The fourth-order valence-corrected chi connectivity index (χ4v) is 6.17. The molecule has 1 aromatic carbocycles. The number of fused-ring (bicyclic) bond motifs is 2. The molecule has 9 nitrogen and oxygen atoms in total. The molecule has 2 aromatic rings. The first kappa shape index (κ1) is 24.3. The third-order valence-corrected chi connectivity index (χ3v) is 7.88. The van der Waals surface area contributed by atoms with Gasteiger partial charge in [-0.3, -0.25) is 18.9 Å². The highest BCUT2D eigenvalue weighted by molar-refractivity contribution is 7.92. The van der Waals surface area contributed by atoms with Crippen LogP contribution in [0.1, 0.15) is 66.7 Å². The molecule has 2 atom stereocenters. The van der Waals surface area contributed by atoms with E-state index in [9.17, 15) is 23.1 Å². The van der Waals surface area contributed by atoms with Gasteiger partial charge in [-0.25, -0.2) is 8.42 Å². The number of carbonyl (C=O) groups excluding carboxylic acids is 1. The van der Waals surface area contributed by atoms with Crippen molar-refractivity contribution in [2.24, 2.45) is 0 Å². The third-order valence-electron chi connectivity index (χ3n) is 7.33. The molecule has 0 bridgehead atoms. The van der Waals surface area contributed by atoms with E-state index in [1.165, 1.54) is 21.3 Å². The van der Waals surface area contributed by atoms with Crippen molar-refractivity contribution in [3.8, 4) is 5.75 Å². The van der Waals surface area contributed by atoms with Gasteiger partial charge in [0.15, 0.2) is 5.69 Å². The largest absolute Gasteiger partial charge is 0.501 e. The van der Waals surface area contributed by atoms with Crippen molar-refractivity contribution in [1.82, 2.24) is 14.5 Å². The number of nitrogens with one attached hydrogen (secondary N) is 1. The van der Waals surface area contributed by atoms with Crippen LogP contribution in [-0.2, 0) is 16.4 Å². The van der Waals surface area contributed by atoms with Crippen LogP contribution in [0.15, 0.2) is 52.4 Å². The Labute approximate surface area is 210 Å². The normalized spacial score (nSPS) is 21.7. The highest BCUT2D eigenvalue weighted by Gasteiger charge is 2.42. The maximum atomic E-state index is 13.5. The summed E-state index contributed by atoms with van der Waals surface area (Å²) in [7, 11) is -3.83. The number of benzene rings is 1. The van der Waals surface area contributed by atoms with Gasteiger partial charge in [0.25, 0.3) is 5.91 Å². The van der Waals surface area contributed by atoms with Crippen molar-refractivity contribution in [2.75, 3.05) is 17.5 Å².